The maximum absolute atomic E-state index is 14.3. The van der Waals surface area contributed by atoms with Gasteiger partial charge in [-0.1, -0.05) is 59.3 Å². The molecule has 4 fully saturated rings. The Labute approximate surface area is 244 Å². The van der Waals surface area contributed by atoms with Gasteiger partial charge in [-0.15, -0.1) is 0 Å². The predicted molar refractivity (Wildman–Crippen MR) is 153 cm³/mol. The Morgan fingerprint density at radius 3 is 2.07 bits per heavy atom. The van der Waals surface area contributed by atoms with Crippen molar-refractivity contribution in [3.63, 3.8) is 0 Å². The summed E-state index contributed by atoms with van der Waals surface area (Å²) in [5.74, 6) is -2.38. The van der Waals surface area contributed by atoms with Crippen molar-refractivity contribution in [3.8, 4) is 0 Å². The van der Waals surface area contributed by atoms with Gasteiger partial charge in [0.05, 0.1) is 6.04 Å². The molecule has 0 aromatic carbocycles. The number of amides is 4. The average molecular weight is 575 g/mol. The third-order valence-corrected chi connectivity index (χ3v) is 9.95. The maximum Gasteiger partial charge on any atom is 0.408 e. The van der Waals surface area contributed by atoms with Gasteiger partial charge in [0.15, 0.2) is 0 Å². The smallest absolute Gasteiger partial charge is 0.408 e. The number of nitrogens with zero attached hydrogens (tertiary/aromatic N) is 1. The van der Waals surface area contributed by atoms with Gasteiger partial charge < -0.3 is 26.0 Å². The van der Waals surface area contributed by atoms with Crippen LogP contribution in [0.5, 0.6) is 0 Å². The number of carbonyl (C=O) groups is 5. The van der Waals surface area contributed by atoms with E-state index in [-0.39, 0.29) is 22.7 Å². The van der Waals surface area contributed by atoms with Gasteiger partial charge in [-0.05, 0) is 75.0 Å². The largest absolute Gasteiger partial charge is 0.444 e. The molecule has 2 spiro atoms. The second kappa shape index (κ2) is 11.2. The molecule has 4 rings (SSSR count). The zero-order valence-electron chi connectivity index (χ0n) is 25.8. The van der Waals surface area contributed by atoms with Crippen LogP contribution in [0.25, 0.3) is 0 Å². The highest BCUT2D eigenvalue weighted by Gasteiger charge is 2.71. The van der Waals surface area contributed by atoms with Gasteiger partial charge in [0.1, 0.15) is 17.7 Å². The third-order valence-electron chi connectivity index (χ3n) is 9.95. The van der Waals surface area contributed by atoms with E-state index in [1.807, 2.05) is 20.8 Å². The molecule has 1 aliphatic heterocycles. The third kappa shape index (κ3) is 6.72. The van der Waals surface area contributed by atoms with E-state index >= 15 is 0 Å². The number of hydrogen-bond acceptors (Lipinski definition) is 6. The highest BCUT2D eigenvalue weighted by Crippen LogP contribution is 2.74. The summed E-state index contributed by atoms with van der Waals surface area (Å²) in [4.78, 5) is 67.2. The Morgan fingerprint density at radius 2 is 1.56 bits per heavy atom. The molecular weight excluding hydrogens is 524 g/mol. The van der Waals surface area contributed by atoms with Crippen LogP contribution in [-0.4, -0.2) is 64.8 Å². The molecule has 0 bridgehead atoms. The predicted octanol–water partition coefficient (Wildman–Crippen LogP) is 3.60. The van der Waals surface area contributed by atoms with Crippen molar-refractivity contribution < 1.29 is 28.7 Å². The summed E-state index contributed by atoms with van der Waals surface area (Å²) in [6, 6.07) is -2.74. The number of carbonyl (C=O) groups excluding carboxylic acids is 5. The molecule has 3 unspecified atom stereocenters. The number of primary amides is 1. The van der Waals surface area contributed by atoms with Gasteiger partial charge >= 0.3 is 6.09 Å². The maximum atomic E-state index is 14.3. The number of ketones is 1. The topological polar surface area (TPSA) is 148 Å². The Morgan fingerprint density at radius 1 is 0.927 bits per heavy atom. The molecule has 230 valence electrons. The standard InChI is InChI=1S/C31H50N4O6/c1-28(2,3)23(34-27(40)41-29(4,5)6)26(39)35-18-31(17-30(31)13-8-7-9-14-30)16-21(35)25(38)33-20(22(36)24(32)37)15-19-11-10-12-19/h19-21,23H,7-18H2,1-6H3,(H2,32,37)(H,33,38)(H,34,40)/t20?,21?,23-,31?/m1/s1. The molecule has 3 aliphatic carbocycles. The average Bonchev–Trinajstić information content (AvgIpc) is 3.21. The normalized spacial score (nSPS) is 27.1. The number of hydrogen-bond donors (Lipinski definition) is 3. The number of nitrogens with one attached hydrogen (secondary N) is 2. The van der Waals surface area contributed by atoms with Crippen molar-refractivity contribution >= 4 is 29.6 Å². The van der Waals surface area contributed by atoms with Crippen molar-refractivity contribution in [2.24, 2.45) is 27.9 Å². The van der Waals surface area contributed by atoms with Crippen molar-refractivity contribution in [1.82, 2.24) is 15.5 Å². The van der Waals surface area contributed by atoms with E-state index in [1.165, 1.54) is 6.42 Å². The lowest BCUT2D eigenvalue weighted by atomic mass is 9.78. The van der Waals surface area contributed by atoms with E-state index in [0.29, 0.717) is 19.4 Å². The van der Waals surface area contributed by atoms with Crippen LogP contribution in [0.2, 0.25) is 0 Å². The molecular formula is C31H50N4O6. The van der Waals surface area contributed by atoms with Crippen molar-refractivity contribution in [2.75, 3.05) is 6.54 Å². The van der Waals surface area contributed by atoms with Gasteiger partial charge in [0, 0.05) is 6.54 Å². The second-order valence-electron chi connectivity index (χ2n) is 15.3. The van der Waals surface area contributed by atoms with Crippen LogP contribution in [0.3, 0.4) is 0 Å². The number of likely N-dealkylation sites (tertiary alicyclic amines) is 1. The van der Waals surface area contributed by atoms with Crippen LogP contribution >= 0.6 is 0 Å². The number of alkyl carbamates (subject to hydrolysis) is 1. The van der Waals surface area contributed by atoms with Crippen LogP contribution in [0.15, 0.2) is 0 Å². The Balaban J connectivity index is 1.60. The quantitative estimate of drug-likeness (QED) is 0.377. The molecule has 0 aromatic heterocycles. The van der Waals surface area contributed by atoms with Crippen molar-refractivity contribution in [2.45, 2.75) is 136 Å². The summed E-state index contributed by atoms with van der Waals surface area (Å²) >= 11 is 0. The van der Waals surface area contributed by atoms with E-state index in [0.717, 1.165) is 51.4 Å². The molecule has 41 heavy (non-hydrogen) atoms. The molecule has 4 aliphatic rings. The molecule has 4 amide bonds. The minimum atomic E-state index is -1.07. The molecule has 0 aromatic rings. The van der Waals surface area contributed by atoms with Crippen molar-refractivity contribution in [1.29, 1.82) is 0 Å². The van der Waals surface area contributed by atoms with Gasteiger partial charge in [-0.25, -0.2) is 4.79 Å². The zero-order chi connectivity index (χ0) is 30.4. The summed E-state index contributed by atoms with van der Waals surface area (Å²) in [7, 11) is 0. The molecule has 1 heterocycles. The number of fused-ring (bicyclic) bond motifs is 1. The molecule has 4 atom stereocenters. The molecule has 3 saturated carbocycles. The van der Waals surface area contributed by atoms with Gasteiger partial charge in [0.25, 0.3) is 5.91 Å². The molecule has 4 N–H and O–H groups in total. The number of ether oxygens (including phenoxy) is 1. The number of nitrogens with two attached hydrogens (primary N) is 1. The highest BCUT2D eigenvalue weighted by molar-refractivity contribution is 6.37. The summed E-state index contributed by atoms with van der Waals surface area (Å²) in [6.07, 6.45) is 9.79. The van der Waals surface area contributed by atoms with E-state index in [2.05, 4.69) is 10.6 Å². The number of Topliss-reactive ketones (excluding diaryl/α,β-unsaturated/α-hetero) is 1. The lowest BCUT2D eigenvalue weighted by Gasteiger charge is -2.36. The lowest BCUT2D eigenvalue weighted by Crippen LogP contribution is -2.59. The zero-order valence-corrected chi connectivity index (χ0v) is 25.8. The molecule has 1 saturated heterocycles. The fraction of sp³-hybridized carbons (Fsp3) is 0.839. The minimum absolute atomic E-state index is 0.128. The molecule has 10 heteroatoms. The van der Waals surface area contributed by atoms with Gasteiger partial charge in [-0.2, -0.15) is 0 Å². The minimum Gasteiger partial charge on any atom is -0.444 e. The summed E-state index contributed by atoms with van der Waals surface area (Å²) in [6.45, 7) is 11.3. The Hall–Kier alpha value is -2.65. The Kier molecular flexibility index (Phi) is 8.56. The molecule has 10 nitrogen and oxygen atoms in total. The molecule has 0 radical (unpaired) electrons. The summed E-state index contributed by atoms with van der Waals surface area (Å²) < 4.78 is 5.47. The van der Waals surface area contributed by atoms with Crippen LogP contribution in [0.1, 0.15) is 112 Å². The summed E-state index contributed by atoms with van der Waals surface area (Å²) in [5, 5.41) is 5.62. The van der Waals surface area contributed by atoms with Crippen LogP contribution in [0, 0.1) is 22.2 Å². The first kappa shape index (κ1) is 31.3. The fourth-order valence-corrected chi connectivity index (χ4v) is 7.47. The van der Waals surface area contributed by atoms with Crippen LogP contribution < -0.4 is 16.4 Å². The van der Waals surface area contributed by atoms with Gasteiger partial charge in [0.2, 0.25) is 17.6 Å². The van der Waals surface area contributed by atoms with Crippen LogP contribution in [-0.2, 0) is 23.9 Å². The van der Waals surface area contributed by atoms with E-state index in [1.54, 1.807) is 25.7 Å². The van der Waals surface area contributed by atoms with Gasteiger partial charge in [-0.3, -0.25) is 19.2 Å². The number of rotatable bonds is 8. The first-order chi connectivity index (χ1) is 19.0. The fourth-order valence-electron chi connectivity index (χ4n) is 7.47. The van der Waals surface area contributed by atoms with E-state index < -0.39 is 52.8 Å². The SMILES string of the molecule is CC(C)(C)OC(=O)N[C@H](C(=O)N1CC2(CC1C(=O)NC(CC1CCC1)C(=O)C(N)=O)CC21CCCCC1)C(C)(C)C. The van der Waals surface area contributed by atoms with Crippen LogP contribution in [0.4, 0.5) is 4.79 Å². The lowest BCUT2D eigenvalue weighted by molar-refractivity contribution is -0.143. The first-order valence-corrected chi connectivity index (χ1v) is 15.4. The first-order valence-electron chi connectivity index (χ1n) is 15.4. The van der Waals surface area contributed by atoms with E-state index in [9.17, 15) is 24.0 Å². The van der Waals surface area contributed by atoms with E-state index in [4.69, 9.17) is 10.5 Å². The Bertz CT molecular complexity index is 1070. The monoisotopic (exact) mass is 574 g/mol. The second-order valence-corrected chi connectivity index (χ2v) is 15.3. The summed E-state index contributed by atoms with van der Waals surface area (Å²) in [5.41, 5.74) is 3.92. The van der Waals surface area contributed by atoms with Crippen molar-refractivity contribution in [3.05, 3.63) is 0 Å². The highest BCUT2D eigenvalue weighted by atomic mass is 16.6.